The Kier molecular flexibility index (Phi) is 31.6. The summed E-state index contributed by atoms with van der Waals surface area (Å²) >= 11 is 0. The maximum Gasteiger partial charge on any atom is 0.306 e. The molecule has 4 N–H and O–H groups in total. The summed E-state index contributed by atoms with van der Waals surface area (Å²) in [5.74, 6) is -2.12. The van der Waals surface area contributed by atoms with E-state index in [2.05, 4.69) is 50.3 Å². The predicted molar refractivity (Wildman–Crippen MR) is 228 cm³/mol. The smallest absolute Gasteiger partial charge is 0.306 e. The van der Waals surface area contributed by atoms with Crippen molar-refractivity contribution in [2.75, 3.05) is 19.0 Å². The standard InChI is InChI=1S/C45H72O12S/c1-3-5-7-9-11-13-15-17-18-19-20-22-23-25-27-29-31-33-40(46)54-35-38(36-55-45-44(50)43(49)42(48)39(57-45)37-58(51,52)53)56-41(47)34-32-30-28-26-24-21-16-14-12-10-8-6-4-2/h6,8,10,12,14,16-18,20-22,24-25,27,38-39,42-45,48-50H,3-5,7,9,11,13,15,19,23,26,28-37H2,1-2H3,(H,51,52,53)/b8-6+,12-10+,16-14+,18-17+,22-20+,24-21+,27-25+/t38?,39-,42-,43?,44?,45+/m1/s1. The zero-order chi connectivity index (χ0) is 42.7. The predicted octanol–water partition coefficient (Wildman–Crippen LogP) is 8.11. The Bertz CT molecular complexity index is 1400. The SMILES string of the molecule is CC/C=C/C=C/C=C/C=C/CCCCCC(=O)OC(COC(=O)CCC/C=C/C/C=C/C/C=C/CCCCCCCC)CO[C@H]1O[C@H](CS(=O)(=O)O)[C@@H](O)C(O)C1O. The number of hydrogen-bond acceptors (Lipinski definition) is 11. The first-order valence-electron chi connectivity index (χ1n) is 21.2. The molecular weight excluding hydrogens is 765 g/mol. The first-order valence-corrected chi connectivity index (χ1v) is 22.8. The topological polar surface area (TPSA) is 186 Å². The molecule has 0 aromatic heterocycles. The Hall–Kier alpha value is -3.17. The zero-order valence-corrected chi connectivity index (χ0v) is 35.7. The minimum Gasteiger partial charge on any atom is -0.462 e. The summed E-state index contributed by atoms with van der Waals surface area (Å²) < 4.78 is 53.8. The second-order valence-electron chi connectivity index (χ2n) is 14.4. The molecule has 1 heterocycles. The third-order valence-electron chi connectivity index (χ3n) is 9.05. The van der Waals surface area contributed by atoms with Gasteiger partial charge in [0.05, 0.1) is 6.61 Å². The summed E-state index contributed by atoms with van der Waals surface area (Å²) in [5.41, 5.74) is 0. The van der Waals surface area contributed by atoms with Crippen LogP contribution in [0.25, 0.3) is 0 Å². The summed E-state index contributed by atoms with van der Waals surface area (Å²) in [7, 11) is -4.62. The molecule has 0 amide bonds. The fourth-order valence-electron chi connectivity index (χ4n) is 5.76. The summed E-state index contributed by atoms with van der Waals surface area (Å²) in [6.45, 7) is 3.50. The van der Waals surface area contributed by atoms with Gasteiger partial charge in [-0.25, -0.2) is 0 Å². The van der Waals surface area contributed by atoms with Gasteiger partial charge in [-0.15, -0.1) is 0 Å². The van der Waals surface area contributed by atoms with Crippen LogP contribution in [0.15, 0.2) is 85.1 Å². The van der Waals surface area contributed by atoms with Crippen molar-refractivity contribution in [3.05, 3.63) is 85.1 Å². The average Bonchev–Trinajstić information content (AvgIpc) is 3.18. The molecule has 0 spiro atoms. The molecule has 0 aromatic carbocycles. The summed E-state index contributed by atoms with van der Waals surface area (Å²) in [6.07, 6.45) is 35.0. The number of esters is 2. The molecule has 13 heteroatoms. The highest BCUT2D eigenvalue weighted by atomic mass is 32.2. The van der Waals surface area contributed by atoms with E-state index >= 15 is 0 Å². The largest absolute Gasteiger partial charge is 0.462 e. The number of hydrogen-bond donors (Lipinski definition) is 4. The number of allylic oxidation sites excluding steroid dienone is 14. The third-order valence-corrected chi connectivity index (χ3v) is 9.80. The summed E-state index contributed by atoms with van der Waals surface area (Å²) in [5, 5.41) is 30.8. The van der Waals surface area contributed by atoms with E-state index in [1.54, 1.807) is 0 Å². The number of carbonyl (C=O) groups is 2. The van der Waals surface area contributed by atoms with Crippen molar-refractivity contribution in [2.24, 2.45) is 0 Å². The zero-order valence-electron chi connectivity index (χ0n) is 34.9. The van der Waals surface area contributed by atoms with Crippen molar-refractivity contribution >= 4 is 22.1 Å². The molecule has 6 atom stereocenters. The molecule has 0 radical (unpaired) electrons. The molecule has 3 unspecified atom stereocenters. The highest BCUT2D eigenvalue weighted by Crippen LogP contribution is 2.24. The van der Waals surface area contributed by atoms with Crippen molar-refractivity contribution in [2.45, 2.75) is 166 Å². The van der Waals surface area contributed by atoms with Gasteiger partial charge in [-0.1, -0.05) is 137 Å². The van der Waals surface area contributed by atoms with E-state index in [1.807, 2.05) is 48.6 Å². The molecule has 0 bridgehead atoms. The number of rotatable bonds is 33. The lowest BCUT2D eigenvalue weighted by atomic mass is 10.00. The van der Waals surface area contributed by atoms with E-state index in [0.717, 1.165) is 44.9 Å². The normalized spacial score (nSPS) is 21.2. The fourth-order valence-corrected chi connectivity index (χ4v) is 6.45. The van der Waals surface area contributed by atoms with Crippen LogP contribution in [0.1, 0.15) is 129 Å². The van der Waals surface area contributed by atoms with E-state index in [4.69, 9.17) is 18.9 Å². The van der Waals surface area contributed by atoms with Crippen LogP contribution in [0.2, 0.25) is 0 Å². The second-order valence-corrected chi connectivity index (χ2v) is 15.9. The highest BCUT2D eigenvalue weighted by molar-refractivity contribution is 7.85. The second kappa shape index (κ2) is 34.7. The van der Waals surface area contributed by atoms with Crippen LogP contribution in [0, 0.1) is 0 Å². The molecule has 1 saturated heterocycles. The maximum atomic E-state index is 12.7. The van der Waals surface area contributed by atoms with Crippen molar-refractivity contribution in [3.8, 4) is 0 Å². The fraction of sp³-hybridized carbons (Fsp3) is 0.644. The van der Waals surface area contributed by atoms with E-state index in [1.165, 1.54) is 38.5 Å². The molecule has 1 fully saturated rings. The van der Waals surface area contributed by atoms with Gasteiger partial charge >= 0.3 is 11.9 Å². The van der Waals surface area contributed by atoms with Crippen LogP contribution in [-0.2, 0) is 38.7 Å². The van der Waals surface area contributed by atoms with Gasteiger partial charge in [-0.2, -0.15) is 8.42 Å². The van der Waals surface area contributed by atoms with E-state index < -0.39 is 71.2 Å². The number of aliphatic hydroxyl groups excluding tert-OH is 3. The van der Waals surface area contributed by atoms with Crippen LogP contribution in [0.4, 0.5) is 0 Å². The Morgan fingerprint density at radius 1 is 0.621 bits per heavy atom. The monoisotopic (exact) mass is 836 g/mol. The molecule has 12 nitrogen and oxygen atoms in total. The van der Waals surface area contributed by atoms with E-state index in [-0.39, 0.29) is 19.4 Å². The van der Waals surface area contributed by atoms with Crippen LogP contribution in [0.5, 0.6) is 0 Å². The minimum absolute atomic E-state index is 0.103. The number of unbranched alkanes of at least 4 members (excludes halogenated alkanes) is 10. The first kappa shape index (κ1) is 52.8. The number of ether oxygens (including phenoxy) is 4. The van der Waals surface area contributed by atoms with Gasteiger partial charge < -0.3 is 34.3 Å². The molecule has 0 aliphatic carbocycles. The van der Waals surface area contributed by atoms with Crippen molar-refractivity contribution in [3.63, 3.8) is 0 Å². The van der Waals surface area contributed by atoms with Crippen LogP contribution < -0.4 is 0 Å². The lowest BCUT2D eigenvalue weighted by molar-refractivity contribution is -0.297. The molecule has 58 heavy (non-hydrogen) atoms. The molecule has 1 aliphatic heterocycles. The maximum absolute atomic E-state index is 12.7. The van der Waals surface area contributed by atoms with Crippen molar-refractivity contribution in [1.29, 1.82) is 0 Å². The van der Waals surface area contributed by atoms with Crippen LogP contribution >= 0.6 is 0 Å². The third kappa shape index (κ3) is 29.1. The number of carbonyl (C=O) groups excluding carboxylic acids is 2. The Balaban J connectivity index is 2.55. The van der Waals surface area contributed by atoms with Crippen molar-refractivity contribution in [1.82, 2.24) is 0 Å². The highest BCUT2D eigenvalue weighted by Gasteiger charge is 2.46. The molecule has 1 rings (SSSR count). The Morgan fingerprint density at radius 3 is 1.83 bits per heavy atom. The van der Waals surface area contributed by atoms with Crippen molar-refractivity contribution < 1.29 is 56.8 Å². The molecule has 0 aromatic rings. The van der Waals surface area contributed by atoms with Gasteiger partial charge in [0, 0.05) is 12.8 Å². The first-order chi connectivity index (χ1) is 28.0. The molecular formula is C45H72O12S. The summed E-state index contributed by atoms with van der Waals surface area (Å²) in [4.78, 5) is 25.3. The Labute approximate surface area is 348 Å². The van der Waals surface area contributed by atoms with Gasteiger partial charge in [-0.05, 0) is 64.2 Å². The molecule has 0 saturated carbocycles. The van der Waals surface area contributed by atoms with Crippen LogP contribution in [-0.4, -0.2) is 96.0 Å². The van der Waals surface area contributed by atoms with E-state index in [0.29, 0.717) is 19.3 Å². The van der Waals surface area contributed by atoms with E-state index in [9.17, 15) is 37.9 Å². The minimum atomic E-state index is -4.62. The average molecular weight is 837 g/mol. The van der Waals surface area contributed by atoms with Gasteiger partial charge in [-0.3, -0.25) is 14.1 Å². The lowest BCUT2D eigenvalue weighted by Gasteiger charge is -2.40. The number of aliphatic hydroxyl groups is 3. The van der Waals surface area contributed by atoms with Gasteiger partial charge in [0.1, 0.15) is 36.8 Å². The van der Waals surface area contributed by atoms with Crippen LogP contribution in [0.3, 0.4) is 0 Å². The molecule has 1 aliphatic rings. The van der Waals surface area contributed by atoms with Gasteiger partial charge in [0.15, 0.2) is 12.4 Å². The van der Waals surface area contributed by atoms with Gasteiger partial charge in [0.2, 0.25) is 0 Å². The lowest BCUT2D eigenvalue weighted by Crippen LogP contribution is -2.60. The molecule has 330 valence electrons. The Morgan fingerprint density at radius 2 is 1.17 bits per heavy atom. The van der Waals surface area contributed by atoms with Gasteiger partial charge in [0.25, 0.3) is 10.1 Å². The quantitative estimate of drug-likeness (QED) is 0.0164. The summed E-state index contributed by atoms with van der Waals surface area (Å²) in [6, 6.07) is 0.